The lowest BCUT2D eigenvalue weighted by atomic mass is 9.96. The summed E-state index contributed by atoms with van der Waals surface area (Å²) in [6.07, 6.45) is 16.2. The quantitative estimate of drug-likeness (QED) is 0.201. The highest BCUT2D eigenvalue weighted by molar-refractivity contribution is 5.64. The van der Waals surface area contributed by atoms with E-state index in [9.17, 15) is 9.90 Å². The fourth-order valence-corrected chi connectivity index (χ4v) is 5.03. The lowest BCUT2D eigenvalue weighted by molar-refractivity contribution is 0.217. The van der Waals surface area contributed by atoms with Crippen LogP contribution < -0.4 is 10.4 Å². The predicted octanol–water partition coefficient (Wildman–Crippen LogP) is 8.67. The number of allylic oxidation sites excluding steroid dienone is 10. The fraction of sp³-hybridized carbons (Fsp3) is 0.545. The van der Waals surface area contributed by atoms with E-state index in [4.69, 9.17) is 9.15 Å². The average molecular weight is 511 g/mol. The molecule has 0 spiro atoms. The van der Waals surface area contributed by atoms with Gasteiger partial charge in [-0.3, -0.25) is 0 Å². The molecule has 4 nitrogen and oxygen atoms in total. The van der Waals surface area contributed by atoms with E-state index >= 15 is 0 Å². The van der Waals surface area contributed by atoms with Crippen LogP contribution in [0.1, 0.15) is 97.5 Å². The van der Waals surface area contributed by atoms with E-state index in [1.165, 1.54) is 22.3 Å². The number of aliphatic hydroxyl groups excluding tert-OH is 1. The Morgan fingerprint density at radius 1 is 0.973 bits per heavy atom. The minimum Gasteiger partial charge on any atom is -0.496 e. The van der Waals surface area contributed by atoms with Crippen LogP contribution in [0.4, 0.5) is 0 Å². The molecule has 4 heteroatoms. The maximum absolute atomic E-state index is 12.2. The van der Waals surface area contributed by atoms with Crippen molar-refractivity contribution in [3.8, 4) is 5.75 Å². The Hall–Kier alpha value is -2.59. The Labute approximate surface area is 225 Å². The zero-order valence-electron chi connectivity index (χ0n) is 25.0. The van der Waals surface area contributed by atoms with Crippen molar-refractivity contribution in [3.05, 3.63) is 80.0 Å². The zero-order chi connectivity index (χ0) is 28.1. The number of ether oxygens (including phenoxy) is 1. The predicted molar refractivity (Wildman–Crippen MR) is 158 cm³/mol. The lowest BCUT2D eigenvalue weighted by Crippen LogP contribution is -2.10. The molecule has 1 N–H and O–H groups in total. The largest absolute Gasteiger partial charge is 0.496 e. The van der Waals surface area contributed by atoms with Crippen molar-refractivity contribution in [1.82, 2.24) is 0 Å². The van der Waals surface area contributed by atoms with Crippen molar-refractivity contribution in [2.24, 2.45) is 11.8 Å². The van der Waals surface area contributed by atoms with Crippen LogP contribution >= 0.6 is 0 Å². The van der Waals surface area contributed by atoms with E-state index in [2.05, 4.69) is 71.9 Å². The van der Waals surface area contributed by atoms with Gasteiger partial charge in [0.05, 0.1) is 12.7 Å². The maximum atomic E-state index is 12.2. The van der Waals surface area contributed by atoms with Gasteiger partial charge < -0.3 is 14.3 Å². The first-order valence-corrected chi connectivity index (χ1v) is 13.6. The van der Waals surface area contributed by atoms with E-state index in [1.54, 1.807) is 14.0 Å². The smallest absolute Gasteiger partial charge is 0.342 e. The van der Waals surface area contributed by atoms with E-state index in [1.807, 2.05) is 13.8 Å². The minimum absolute atomic E-state index is 0.270. The fourth-order valence-electron chi connectivity index (χ4n) is 5.03. The van der Waals surface area contributed by atoms with E-state index in [0.717, 1.165) is 43.2 Å². The Balaban J connectivity index is 2.84. The van der Waals surface area contributed by atoms with Gasteiger partial charge in [-0.15, -0.1) is 0 Å². The molecule has 0 radical (unpaired) electrons. The van der Waals surface area contributed by atoms with Crippen molar-refractivity contribution in [2.45, 2.75) is 94.4 Å². The summed E-state index contributed by atoms with van der Waals surface area (Å²) in [6, 6.07) is 0. The third kappa shape index (κ3) is 11.1. The van der Waals surface area contributed by atoms with Gasteiger partial charge in [-0.1, -0.05) is 72.9 Å². The van der Waals surface area contributed by atoms with Gasteiger partial charge in [0.25, 0.3) is 0 Å². The minimum atomic E-state index is -0.352. The third-order valence-corrected chi connectivity index (χ3v) is 6.66. The van der Waals surface area contributed by atoms with Gasteiger partial charge >= 0.3 is 5.63 Å². The Kier molecular flexibility index (Phi) is 14.3. The second-order valence-electron chi connectivity index (χ2n) is 10.7. The molecule has 1 aromatic rings. The number of hydrogen-bond donors (Lipinski definition) is 1. The molecule has 1 rings (SSSR count). The molecule has 0 bridgehead atoms. The monoisotopic (exact) mass is 510 g/mol. The summed E-state index contributed by atoms with van der Waals surface area (Å²) in [6.45, 7) is 18.9. The van der Waals surface area contributed by atoms with Gasteiger partial charge in [0.2, 0.25) is 0 Å². The highest BCUT2D eigenvalue weighted by Crippen LogP contribution is 2.29. The van der Waals surface area contributed by atoms with Crippen molar-refractivity contribution in [1.29, 1.82) is 0 Å². The molecular weight excluding hydrogens is 460 g/mol. The summed E-state index contributed by atoms with van der Waals surface area (Å²) < 4.78 is 11.0. The molecule has 206 valence electrons. The summed E-state index contributed by atoms with van der Waals surface area (Å²) in [7, 11) is 1.58. The molecule has 0 fully saturated rings. The van der Waals surface area contributed by atoms with Crippen LogP contribution in [0, 0.1) is 25.7 Å². The molecule has 0 saturated carbocycles. The SMILES string of the molecule is CCCC(CO)C/C(C)=C/C/C=C(C)/C=C(C)/C=C(\C)CC(C)/C=C(\C)c1oc(=O)c(C)c(OC)c1C. The molecule has 0 aromatic carbocycles. The van der Waals surface area contributed by atoms with Crippen LogP contribution in [-0.2, 0) is 0 Å². The molecular formula is C33H50O4. The summed E-state index contributed by atoms with van der Waals surface area (Å²) in [5.41, 5.74) is 7.09. The molecule has 0 aliphatic carbocycles. The van der Waals surface area contributed by atoms with E-state index in [-0.39, 0.29) is 12.2 Å². The highest BCUT2D eigenvalue weighted by atomic mass is 16.5. The van der Waals surface area contributed by atoms with Crippen molar-refractivity contribution >= 4 is 5.57 Å². The Morgan fingerprint density at radius 2 is 1.65 bits per heavy atom. The van der Waals surface area contributed by atoms with E-state index in [0.29, 0.717) is 28.9 Å². The van der Waals surface area contributed by atoms with Gasteiger partial charge in [-0.25, -0.2) is 4.79 Å². The maximum Gasteiger partial charge on any atom is 0.342 e. The average Bonchev–Trinajstić information content (AvgIpc) is 2.80. The van der Waals surface area contributed by atoms with Crippen LogP contribution in [0.5, 0.6) is 5.75 Å². The van der Waals surface area contributed by atoms with Crippen LogP contribution in [0.3, 0.4) is 0 Å². The summed E-state index contributed by atoms with van der Waals surface area (Å²) >= 11 is 0. The van der Waals surface area contributed by atoms with Gasteiger partial charge in [0, 0.05) is 12.2 Å². The van der Waals surface area contributed by atoms with E-state index < -0.39 is 0 Å². The second-order valence-corrected chi connectivity index (χ2v) is 10.7. The van der Waals surface area contributed by atoms with Crippen LogP contribution in [0.2, 0.25) is 0 Å². The summed E-state index contributed by atoms with van der Waals surface area (Å²) in [5.74, 6) is 1.87. The standard InChI is InChI=1S/C33H50O4/c1-11-13-30(21-34)20-23(3)15-12-14-22(2)16-24(4)17-25(5)18-26(6)19-27(7)31-28(8)32(36-10)29(9)33(35)37-31/h14-17,19,26,30,34H,11-13,18,20-21H2,1-10H3/b22-14+,23-15+,24-16+,25-17+,27-19+. The molecule has 0 aliphatic rings. The van der Waals surface area contributed by atoms with Crippen molar-refractivity contribution in [3.63, 3.8) is 0 Å². The highest BCUT2D eigenvalue weighted by Gasteiger charge is 2.16. The molecule has 2 atom stereocenters. The molecule has 0 aliphatic heterocycles. The molecule has 37 heavy (non-hydrogen) atoms. The van der Waals surface area contributed by atoms with Crippen molar-refractivity contribution in [2.75, 3.05) is 13.7 Å². The molecule has 0 saturated heterocycles. The Bertz CT molecular complexity index is 1090. The van der Waals surface area contributed by atoms with Gasteiger partial charge in [-0.2, -0.15) is 0 Å². The number of methoxy groups -OCH3 is 1. The first-order chi connectivity index (χ1) is 17.4. The molecule has 0 amide bonds. The third-order valence-electron chi connectivity index (χ3n) is 6.66. The number of hydrogen-bond acceptors (Lipinski definition) is 4. The second kappa shape index (κ2) is 16.3. The first kappa shape index (κ1) is 32.4. The molecule has 1 aromatic heterocycles. The Morgan fingerprint density at radius 3 is 2.24 bits per heavy atom. The summed E-state index contributed by atoms with van der Waals surface area (Å²) in [5, 5.41) is 9.51. The van der Waals surface area contributed by atoms with Crippen molar-refractivity contribution < 1.29 is 14.3 Å². The number of rotatable bonds is 14. The number of aliphatic hydroxyl groups is 1. The first-order valence-electron chi connectivity index (χ1n) is 13.6. The van der Waals surface area contributed by atoms with Crippen LogP contribution in [-0.4, -0.2) is 18.8 Å². The lowest BCUT2D eigenvalue weighted by Gasteiger charge is -2.13. The van der Waals surface area contributed by atoms with Gasteiger partial charge in [0.15, 0.2) is 0 Å². The van der Waals surface area contributed by atoms with Gasteiger partial charge in [-0.05, 0) is 91.6 Å². The molecule has 2 unspecified atom stereocenters. The topological polar surface area (TPSA) is 59.7 Å². The van der Waals surface area contributed by atoms with Crippen LogP contribution in [0.15, 0.2) is 61.9 Å². The summed E-state index contributed by atoms with van der Waals surface area (Å²) in [4.78, 5) is 12.2. The van der Waals surface area contributed by atoms with Crippen LogP contribution in [0.25, 0.3) is 5.57 Å². The zero-order valence-corrected chi connectivity index (χ0v) is 25.0. The van der Waals surface area contributed by atoms with Gasteiger partial charge in [0.1, 0.15) is 11.5 Å². The normalized spacial score (nSPS) is 15.7. The molecule has 1 heterocycles.